The first-order valence-corrected chi connectivity index (χ1v) is 11.0. The minimum absolute atomic E-state index is 0.411. The molecule has 30 heavy (non-hydrogen) atoms. The van der Waals surface area contributed by atoms with Gasteiger partial charge in [0.05, 0.1) is 18.1 Å². The summed E-state index contributed by atoms with van der Waals surface area (Å²) >= 11 is 1.59. The lowest BCUT2D eigenvalue weighted by atomic mass is 10.1. The summed E-state index contributed by atoms with van der Waals surface area (Å²) in [5.41, 5.74) is 3.69. The molecular formula is C24H27FN4S. The number of aromatic nitrogens is 1. The van der Waals surface area contributed by atoms with Gasteiger partial charge in [0, 0.05) is 35.0 Å². The first-order valence-electron chi connectivity index (χ1n) is 10.0. The maximum Gasteiger partial charge on any atom is 0.128 e. The summed E-state index contributed by atoms with van der Waals surface area (Å²) in [7, 11) is 0. The zero-order valence-electron chi connectivity index (χ0n) is 17.1. The second-order valence-corrected chi connectivity index (χ2v) is 8.17. The molecule has 2 aliphatic heterocycles. The Kier molecular flexibility index (Phi) is 7.97. The second kappa shape index (κ2) is 10.9. The van der Waals surface area contributed by atoms with E-state index in [4.69, 9.17) is 10.4 Å². The van der Waals surface area contributed by atoms with Crippen molar-refractivity contribution in [2.45, 2.75) is 25.4 Å². The fourth-order valence-electron chi connectivity index (χ4n) is 3.31. The average molecular weight is 423 g/mol. The quantitative estimate of drug-likeness (QED) is 0.378. The van der Waals surface area contributed by atoms with Crippen LogP contribution < -0.4 is 4.90 Å². The van der Waals surface area contributed by atoms with Crippen molar-refractivity contribution in [2.75, 3.05) is 23.9 Å². The van der Waals surface area contributed by atoms with Gasteiger partial charge in [-0.15, -0.1) is 11.8 Å². The van der Waals surface area contributed by atoms with Crippen molar-refractivity contribution in [3.63, 3.8) is 0 Å². The number of hydrogen-bond acceptors (Lipinski definition) is 5. The molecule has 156 valence electrons. The lowest BCUT2D eigenvalue weighted by molar-refractivity contribution is 0.364. The summed E-state index contributed by atoms with van der Waals surface area (Å²) < 4.78 is 13.5. The van der Waals surface area contributed by atoms with Crippen LogP contribution in [0.5, 0.6) is 0 Å². The number of rotatable bonds is 5. The predicted octanol–water partition coefficient (Wildman–Crippen LogP) is 5.66. The van der Waals surface area contributed by atoms with Gasteiger partial charge in [-0.05, 0) is 37.5 Å². The van der Waals surface area contributed by atoms with E-state index in [0.29, 0.717) is 25.4 Å². The number of halogens is 1. The molecular weight excluding hydrogens is 395 g/mol. The van der Waals surface area contributed by atoms with E-state index in [0.717, 1.165) is 46.0 Å². The van der Waals surface area contributed by atoms with Crippen molar-refractivity contribution in [1.29, 1.82) is 5.41 Å². The van der Waals surface area contributed by atoms with Gasteiger partial charge in [-0.25, -0.2) is 9.37 Å². The Labute approximate surface area is 182 Å². The fraction of sp³-hybridized carbons (Fsp3) is 0.292. The predicted molar refractivity (Wildman–Crippen MR) is 128 cm³/mol. The maximum atomic E-state index is 13.5. The monoisotopic (exact) mass is 422 g/mol. The number of hydrogen-bond donors (Lipinski definition) is 1. The second-order valence-electron chi connectivity index (χ2n) is 7.18. The molecule has 1 unspecified atom stereocenters. The van der Waals surface area contributed by atoms with Crippen molar-refractivity contribution in [2.24, 2.45) is 4.99 Å². The van der Waals surface area contributed by atoms with Gasteiger partial charge in [0.25, 0.3) is 0 Å². The molecule has 0 saturated carbocycles. The van der Waals surface area contributed by atoms with Gasteiger partial charge in [-0.2, -0.15) is 0 Å². The summed E-state index contributed by atoms with van der Waals surface area (Å²) in [6.07, 6.45) is 14.2. The van der Waals surface area contributed by atoms with Crippen LogP contribution in [-0.4, -0.2) is 42.0 Å². The SMILES string of the molecule is C=C/C=C(C=N)/C1=C/CC(=C)C/C=C\C(c2ccc(N3CCC(F)C3)nc2)=N/CS1. The molecule has 0 radical (unpaired) electrons. The number of nitrogens with zero attached hydrogens (tertiary/aromatic N) is 3. The molecule has 0 bridgehead atoms. The lowest BCUT2D eigenvalue weighted by Gasteiger charge is -2.16. The Morgan fingerprint density at radius 1 is 1.33 bits per heavy atom. The minimum Gasteiger partial charge on any atom is -0.354 e. The Balaban J connectivity index is 1.81. The lowest BCUT2D eigenvalue weighted by Crippen LogP contribution is -2.21. The van der Waals surface area contributed by atoms with Gasteiger partial charge in [-0.3, -0.25) is 4.99 Å². The molecule has 0 aromatic carbocycles. The van der Waals surface area contributed by atoms with Crippen LogP contribution in [0.1, 0.15) is 24.8 Å². The molecule has 1 aromatic heterocycles. The van der Waals surface area contributed by atoms with E-state index in [2.05, 4.69) is 30.3 Å². The van der Waals surface area contributed by atoms with Gasteiger partial charge >= 0.3 is 0 Å². The molecule has 1 atom stereocenters. The summed E-state index contributed by atoms with van der Waals surface area (Å²) in [6.45, 7) is 9.01. The van der Waals surface area contributed by atoms with Crippen molar-refractivity contribution >= 4 is 29.5 Å². The Morgan fingerprint density at radius 3 is 2.87 bits per heavy atom. The van der Waals surface area contributed by atoms with E-state index in [1.165, 1.54) is 6.21 Å². The van der Waals surface area contributed by atoms with Gasteiger partial charge in [0.15, 0.2) is 0 Å². The molecule has 3 heterocycles. The average Bonchev–Trinajstić information content (AvgIpc) is 3.18. The highest BCUT2D eigenvalue weighted by Crippen LogP contribution is 2.26. The summed E-state index contributed by atoms with van der Waals surface area (Å²) in [4.78, 5) is 12.3. The van der Waals surface area contributed by atoms with Crippen LogP contribution in [0.25, 0.3) is 0 Å². The molecule has 3 rings (SSSR count). The van der Waals surface area contributed by atoms with Gasteiger partial charge in [0.2, 0.25) is 0 Å². The topological polar surface area (TPSA) is 52.3 Å². The van der Waals surface area contributed by atoms with Gasteiger partial charge in [0.1, 0.15) is 12.0 Å². The van der Waals surface area contributed by atoms with E-state index in [9.17, 15) is 4.39 Å². The summed E-state index contributed by atoms with van der Waals surface area (Å²) in [5.74, 6) is 1.33. The van der Waals surface area contributed by atoms with E-state index in [1.807, 2.05) is 29.2 Å². The molecule has 0 spiro atoms. The van der Waals surface area contributed by atoms with Crippen molar-refractivity contribution < 1.29 is 4.39 Å². The number of allylic oxidation sites excluding steroid dienone is 7. The highest BCUT2D eigenvalue weighted by molar-refractivity contribution is 8.03. The highest BCUT2D eigenvalue weighted by Gasteiger charge is 2.22. The molecule has 2 aliphatic rings. The van der Waals surface area contributed by atoms with Crippen LogP contribution in [0, 0.1) is 5.41 Å². The van der Waals surface area contributed by atoms with Crippen molar-refractivity contribution in [3.8, 4) is 0 Å². The largest absolute Gasteiger partial charge is 0.354 e. The third-order valence-corrected chi connectivity index (χ3v) is 5.92. The van der Waals surface area contributed by atoms with Crippen LogP contribution in [-0.2, 0) is 0 Å². The number of anilines is 1. The summed E-state index contributed by atoms with van der Waals surface area (Å²) in [6, 6.07) is 3.93. The molecule has 1 aromatic rings. The maximum absolute atomic E-state index is 13.5. The smallest absolute Gasteiger partial charge is 0.128 e. The van der Waals surface area contributed by atoms with Crippen molar-refractivity contribution in [3.05, 3.63) is 83.5 Å². The standard InChI is InChI=1S/C24H27FN4S/c1-3-5-19(14-26)23-10-8-18(2)6-4-7-22(28-17-30-23)20-9-11-24(27-15-20)29-13-12-21(25)16-29/h3-5,7,9-11,14-15,21,26H,1-2,6,8,12-13,16-17H2/b7-4-,19-5+,23-10-,26-14?,28-22+. The van der Waals surface area contributed by atoms with E-state index in [1.54, 1.807) is 24.0 Å². The molecule has 6 heteroatoms. The molecule has 0 aliphatic carbocycles. The van der Waals surface area contributed by atoms with Crippen LogP contribution in [0.2, 0.25) is 0 Å². The number of nitrogens with one attached hydrogen (secondary N) is 1. The first-order chi connectivity index (χ1) is 14.6. The molecule has 1 saturated heterocycles. The number of thioether (sulfide) groups is 1. The van der Waals surface area contributed by atoms with E-state index in [-0.39, 0.29) is 0 Å². The third kappa shape index (κ3) is 5.89. The highest BCUT2D eigenvalue weighted by atomic mass is 32.2. The normalized spacial score (nSPS) is 25.5. The minimum atomic E-state index is -0.769. The Hall–Kier alpha value is -2.73. The van der Waals surface area contributed by atoms with Crippen LogP contribution in [0.4, 0.5) is 10.2 Å². The number of alkyl halides is 1. The van der Waals surface area contributed by atoms with Crippen LogP contribution >= 0.6 is 11.8 Å². The summed E-state index contributed by atoms with van der Waals surface area (Å²) in [5, 5.41) is 7.69. The van der Waals surface area contributed by atoms with Gasteiger partial charge < -0.3 is 10.3 Å². The van der Waals surface area contributed by atoms with Gasteiger partial charge in [-0.1, -0.05) is 43.0 Å². The third-order valence-electron chi connectivity index (χ3n) is 4.95. The van der Waals surface area contributed by atoms with E-state index < -0.39 is 6.17 Å². The number of pyridine rings is 1. The number of aliphatic imine (C=N–C) groups is 1. The molecule has 0 amide bonds. The molecule has 1 fully saturated rings. The van der Waals surface area contributed by atoms with E-state index >= 15 is 0 Å². The Morgan fingerprint density at radius 2 is 2.20 bits per heavy atom. The zero-order valence-corrected chi connectivity index (χ0v) is 17.9. The molecule has 1 N–H and O–H groups in total. The van der Waals surface area contributed by atoms with Crippen LogP contribution in [0.3, 0.4) is 0 Å². The zero-order chi connectivity index (χ0) is 21.3. The first kappa shape index (κ1) is 22.0. The van der Waals surface area contributed by atoms with Crippen LogP contribution in [0.15, 0.2) is 82.9 Å². The van der Waals surface area contributed by atoms with Crippen molar-refractivity contribution in [1.82, 2.24) is 4.98 Å². The molecule has 4 nitrogen and oxygen atoms in total. The fourth-order valence-corrected chi connectivity index (χ4v) is 4.15. The Bertz CT molecular complexity index is 912.